The fourth-order valence-electron chi connectivity index (χ4n) is 5.40. The molecule has 2 aromatic carbocycles. The fraction of sp³-hybridized carbons (Fsp3) is 0.538. The molecule has 0 amide bonds. The maximum atomic E-state index is 6.38. The van der Waals surface area contributed by atoms with Gasteiger partial charge in [0.1, 0.15) is 0 Å². The molecule has 2 aliphatic rings. The first-order valence-electron chi connectivity index (χ1n) is 11.4. The van der Waals surface area contributed by atoms with E-state index >= 15 is 0 Å². The SMILES string of the molecule is COc1ccc([C@@H]2CN(Cc3ccccc3)C[C@@]2(C)CCN)cc1OC1CCCC1. The number of nitrogens with two attached hydrogens (primary N) is 1. The van der Waals surface area contributed by atoms with Gasteiger partial charge in [-0.05, 0) is 67.3 Å². The molecule has 1 heterocycles. The number of likely N-dealkylation sites (tertiary alicyclic amines) is 1. The summed E-state index contributed by atoms with van der Waals surface area (Å²) < 4.78 is 12.0. The van der Waals surface area contributed by atoms with Gasteiger partial charge in [0.2, 0.25) is 0 Å². The highest BCUT2D eigenvalue weighted by Gasteiger charge is 2.43. The van der Waals surface area contributed by atoms with E-state index in [1.807, 2.05) is 0 Å². The zero-order chi connectivity index (χ0) is 21.0. The van der Waals surface area contributed by atoms with Crippen molar-refractivity contribution in [3.8, 4) is 11.5 Å². The van der Waals surface area contributed by atoms with Crippen LogP contribution in [0.1, 0.15) is 56.1 Å². The normalized spacial score (nSPS) is 25.0. The van der Waals surface area contributed by atoms with Gasteiger partial charge in [-0.1, -0.05) is 43.3 Å². The van der Waals surface area contributed by atoms with Crippen LogP contribution in [0, 0.1) is 5.41 Å². The third-order valence-electron chi connectivity index (χ3n) is 7.02. The Labute approximate surface area is 181 Å². The third-order valence-corrected chi connectivity index (χ3v) is 7.02. The second-order valence-electron chi connectivity index (χ2n) is 9.34. The quantitative estimate of drug-likeness (QED) is 0.670. The molecule has 0 radical (unpaired) electrons. The van der Waals surface area contributed by atoms with Crippen LogP contribution in [-0.4, -0.2) is 37.7 Å². The van der Waals surface area contributed by atoms with Gasteiger partial charge in [0.15, 0.2) is 11.5 Å². The van der Waals surface area contributed by atoms with Crippen molar-refractivity contribution >= 4 is 0 Å². The van der Waals surface area contributed by atoms with Crippen LogP contribution in [0.3, 0.4) is 0 Å². The Balaban J connectivity index is 1.58. The van der Waals surface area contributed by atoms with E-state index in [9.17, 15) is 0 Å². The van der Waals surface area contributed by atoms with Gasteiger partial charge >= 0.3 is 0 Å². The van der Waals surface area contributed by atoms with Crippen molar-refractivity contribution < 1.29 is 9.47 Å². The van der Waals surface area contributed by atoms with Crippen LogP contribution in [0.2, 0.25) is 0 Å². The molecular formula is C26H36N2O2. The van der Waals surface area contributed by atoms with Crippen LogP contribution in [-0.2, 0) is 6.54 Å². The van der Waals surface area contributed by atoms with E-state index in [1.165, 1.54) is 24.0 Å². The molecule has 2 fully saturated rings. The number of nitrogens with zero attached hydrogens (tertiary/aromatic N) is 1. The number of hydrogen-bond donors (Lipinski definition) is 1. The number of hydrogen-bond acceptors (Lipinski definition) is 4. The summed E-state index contributed by atoms with van der Waals surface area (Å²) >= 11 is 0. The summed E-state index contributed by atoms with van der Waals surface area (Å²) in [4.78, 5) is 2.58. The first-order valence-corrected chi connectivity index (χ1v) is 11.4. The lowest BCUT2D eigenvalue weighted by Gasteiger charge is -2.31. The zero-order valence-electron chi connectivity index (χ0n) is 18.5. The van der Waals surface area contributed by atoms with Crippen LogP contribution in [0.25, 0.3) is 0 Å². The average molecular weight is 409 g/mol. The summed E-state index contributed by atoms with van der Waals surface area (Å²) in [7, 11) is 1.73. The van der Waals surface area contributed by atoms with Crippen LogP contribution in [0.15, 0.2) is 48.5 Å². The predicted octanol–water partition coefficient (Wildman–Crippen LogP) is 4.97. The third kappa shape index (κ3) is 4.65. The van der Waals surface area contributed by atoms with Gasteiger partial charge in [0.05, 0.1) is 13.2 Å². The topological polar surface area (TPSA) is 47.7 Å². The molecule has 2 atom stereocenters. The molecule has 4 heteroatoms. The highest BCUT2D eigenvalue weighted by Crippen LogP contribution is 2.47. The molecule has 30 heavy (non-hydrogen) atoms. The van der Waals surface area contributed by atoms with E-state index in [1.54, 1.807) is 7.11 Å². The first kappa shape index (κ1) is 21.2. The Morgan fingerprint density at radius 2 is 1.83 bits per heavy atom. The summed E-state index contributed by atoms with van der Waals surface area (Å²) in [6.45, 7) is 6.21. The highest BCUT2D eigenvalue weighted by molar-refractivity contribution is 5.45. The maximum absolute atomic E-state index is 6.38. The molecule has 0 bridgehead atoms. The van der Waals surface area contributed by atoms with Crippen molar-refractivity contribution in [3.63, 3.8) is 0 Å². The lowest BCUT2D eigenvalue weighted by Crippen LogP contribution is -2.29. The molecule has 4 rings (SSSR count). The van der Waals surface area contributed by atoms with Gasteiger partial charge in [0, 0.05) is 25.6 Å². The molecule has 1 aliphatic carbocycles. The van der Waals surface area contributed by atoms with E-state index in [4.69, 9.17) is 15.2 Å². The molecule has 162 valence electrons. The minimum Gasteiger partial charge on any atom is -0.493 e. The number of methoxy groups -OCH3 is 1. The molecule has 1 saturated heterocycles. The number of rotatable bonds is 8. The standard InChI is InChI=1S/C26H36N2O2/c1-26(14-15-27)19-28(17-20-8-4-3-5-9-20)18-23(26)21-12-13-24(29-2)25(16-21)30-22-10-6-7-11-22/h3-5,8-9,12-13,16,22-23H,6-7,10-11,14-15,17-19,27H2,1-2H3/t23-,26+/m0/s1. The monoisotopic (exact) mass is 408 g/mol. The molecule has 2 aromatic rings. The largest absolute Gasteiger partial charge is 0.493 e. The fourth-order valence-corrected chi connectivity index (χ4v) is 5.40. The predicted molar refractivity (Wildman–Crippen MR) is 122 cm³/mol. The van der Waals surface area contributed by atoms with Crippen molar-refractivity contribution in [3.05, 3.63) is 59.7 Å². The van der Waals surface area contributed by atoms with Gasteiger partial charge < -0.3 is 15.2 Å². The summed E-state index contributed by atoms with van der Waals surface area (Å²) in [6.07, 6.45) is 6.16. The molecule has 1 aliphatic heterocycles. The molecule has 0 spiro atoms. The van der Waals surface area contributed by atoms with E-state index in [0.717, 1.165) is 50.4 Å². The van der Waals surface area contributed by atoms with E-state index in [0.29, 0.717) is 18.6 Å². The van der Waals surface area contributed by atoms with Crippen molar-refractivity contribution in [2.24, 2.45) is 11.1 Å². The second kappa shape index (κ2) is 9.40. The highest BCUT2D eigenvalue weighted by atomic mass is 16.5. The summed E-state index contributed by atoms with van der Waals surface area (Å²) in [5.41, 5.74) is 8.92. The summed E-state index contributed by atoms with van der Waals surface area (Å²) in [6, 6.07) is 17.3. The first-order chi connectivity index (χ1) is 14.6. The molecule has 0 aromatic heterocycles. The van der Waals surface area contributed by atoms with E-state index in [-0.39, 0.29) is 5.41 Å². The van der Waals surface area contributed by atoms with Crippen LogP contribution >= 0.6 is 0 Å². The maximum Gasteiger partial charge on any atom is 0.161 e. The summed E-state index contributed by atoms with van der Waals surface area (Å²) in [5.74, 6) is 2.17. The van der Waals surface area contributed by atoms with Crippen LogP contribution in [0.4, 0.5) is 0 Å². The molecule has 0 unspecified atom stereocenters. The van der Waals surface area contributed by atoms with E-state index in [2.05, 4.69) is 60.4 Å². The smallest absolute Gasteiger partial charge is 0.161 e. The summed E-state index contributed by atoms with van der Waals surface area (Å²) in [5, 5.41) is 0. The Morgan fingerprint density at radius 3 is 2.53 bits per heavy atom. The van der Waals surface area contributed by atoms with Crippen molar-refractivity contribution in [1.29, 1.82) is 0 Å². The molecule has 4 nitrogen and oxygen atoms in total. The zero-order valence-corrected chi connectivity index (χ0v) is 18.5. The second-order valence-corrected chi connectivity index (χ2v) is 9.34. The Hall–Kier alpha value is -2.04. The van der Waals surface area contributed by atoms with Crippen LogP contribution < -0.4 is 15.2 Å². The van der Waals surface area contributed by atoms with E-state index < -0.39 is 0 Å². The Kier molecular flexibility index (Phi) is 6.64. The van der Waals surface area contributed by atoms with Gasteiger partial charge in [-0.3, -0.25) is 4.90 Å². The lowest BCUT2D eigenvalue weighted by molar-refractivity contribution is 0.200. The van der Waals surface area contributed by atoms with Gasteiger partial charge in [-0.2, -0.15) is 0 Å². The van der Waals surface area contributed by atoms with Gasteiger partial charge in [-0.25, -0.2) is 0 Å². The lowest BCUT2D eigenvalue weighted by atomic mass is 9.74. The molecular weight excluding hydrogens is 372 g/mol. The van der Waals surface area contributed by atoms with Gasteiger partial charge in [0.25, 0.3) is 0 Å². The van der Waals surface area contributed by atoms with Crippen molar-refractivity contribution in [2.75, 3.05) is 26.7 Å². The van der Waals surface area contributed by atoms with Crippen molar-refractivity contribution in [2.45, 2.75) is 57.6 Å². The minimum absolute atomic E-state index is 0.156. The number of benzene rings is 2. The number of ether oxygens (including phenoxy) is 2. The molecule has 2 N–H and O–H groups in total. The Morgan fingerprint density at radius 1 is 1.07 bits per heavy atom. The van der Waals surface area contributed by atoms with Crippen LogP contribution in [0.5, 0.6) is 11.5 Å². The van der Waals surface area contributed by atoms with Gasteiger partial charge in [-0.15, -0.1) is 0 Å². The molecule has 1 saturated carbocycles. The Bertz CT molecular complexity index is 819. The van der Waals surface area contributed by atoms with Crippen molar-refractivity contribution in [1.82, 2.24) is 4.90 Å². The minimum atomic E-state index is 0.156. The average Bonchev–Trinajstić information content (AvgIpc) is 3.36.